The Kier molecular flexibility index (Phi) is 4.81. The first kappa shape index (κ1) is 14.2. The number of nitrogens with one attached hydrogen (secondary N) is 2. The number of aromatic nitrogens is 3. The molecule has 0 bridgehead atoms. The maximum atomic E-state index is 13.5. The maximum Gasteiger partial charge on any atom is 0.223 e. The molecule has 2 aromatic rings. The van der Waals surface area contributed by atoms with Crippen LogP contribution in [0.2, 0.25) is 0 Å². The highest BCUT2D eigenvalue weighted by Gasteiger charge is 2.15. The zero-order chi connectivity index (χ0) is 14.4. The van der Waals surface area contributed by atoms with E-state index in [0.717, 1.165) is 5.82 Å². The van der Waals surface area contributed by atoms with Crippen molar-refractivity contribution in [2.24, 2.45) is 5.92 Å². The van der Waals surface area contributed by atoms with Gasteiger partial charge in [-0.1, -0.05) is 25.1 Å². The first-order valence-electron chi connectivity index (χ1n) is 6.52. The number of carbonyl (C=O) groups excluding carboxylic acids is 1. The Balaban J connectivity index is 1.79. The van der Waals surface area contributed by atoms with Crippen LogP contribution < -0.4 is 5.32 Å². The van der Waals surface area contributed by atoms with Gasteiger partial charge in [-0.25, -0.2) is 9.37 Å². The van der Waals surface area contributed by atoms with Gasteiger partial charge in [-0.2, -0.15) is 5.10 Å². The lowest BCUT2D eigenvalue weighted by Crippen LogP contribution is -2.32. The summed E-state index contributed by atoms with van der Waals surface area (Å²) in [5.41, 5.74) is 0.561. The Morgan fingerprint density at radius 3 is 2.95 bits per heavy atom. The minimum absolute atomic E-state index is 0.0900. The van der Waals surface area contributed by atoms with Crippen LogP contribution in [-0.4, -0.2) is 27.6 Å². The van der Waals surface area contributed by atoms with Crippen LogP contribution in [0.1, 0.15) is 18.3 Å². The third-order valence-electron chi connectivity index (χ3n) is 3.06. The molecule has 0 aliphatic heterocycles. The lowest BCUT2D eigenvalue weighted by Gasteiger charge is -2.12. The fourth-order valence-electron chi connectivity index (χ4n) is 1.92. The van der Waals surface area contributed by atoms with Crippen molar-refractivity contribution in [2.45, 2.75) is 19.8 Å². The van der Waals surface area contributed by atoms with Gasteiger partial charge in [0.1, 0.15) is 18.0 Å². The molecule has 0 unspecified atom stereocenters. The number of carbonyl (C=O) groups is 1. The van der Waals surface area contributed by atoms with Crippen LogP contribution in [0.5, 0.6) is 0 Å². The number of hydrogen-bond acceptors (Lipinski definition) is 3. The zero-order valence-corrected chi connectivity index (χ0v) is 11.3. The highest BCUT2D eigenvalue weighted by Crippen LogP contribution is 2.12. The van der Waals surface area contributed by atoms with E-state index in [4.69, 9.17) is 0 Å². The van der Waals surface area contributed by atoms with Crippen molar-refractivity contribution in [3.63, 3.8) is 0 Å². The minimum Gasteiger partial charge on any atom is -0.355 e. The molecule has 20 heavy (non-hydrogen) atoms. The lowest BCUT2D eigenvalue weighted by atomic mass is 10.00. The summed E-state index contributed by atoms with van der Waals surface area (Å²) >= 11 is 0. The molecule has 1 aromatic carbocycles. The summed E-state index contributed by atoms with van der Waals surface area (Å²) in [6, 6.07) is 6.52. The van der Waals surface area contributed by atoms with Gasteiger partial charge >= 0.3 is 0 Å². The molecule has 2 rings (SSSR count). The first-order valence-corrected chi connectivity index (χ1v) is 6.52. The number of nitrogens with zero attached hydrogens (tertiary/aromatic N) is 2. The first-order chi connectivity index (χ1) is 9.66. The Morgan fingerprint density at radius 2 is 2.25 bits per heavy atom. The molecule has 6 heteroatoms. The predicted octanol–water partition coefficient (Wildman–Crippen LogP) is 1.48. The molecule has 0 saturated heterocycles. The highest BCUT2D eigenvalue weighted by molar-refractivity contribution is 5.78. The maximum absolute atomic E-state index is 13.5. The van der Waals surface area contributed by atoms with Gasteiger partial charge in [0, 0.05) is 18.9 Å². The molecule has 0 aliphatic carbocycles. The van der Waals surface area contributed by atoms with Gasteiger partial charge < -0.3 is 5.32 Å². The molecule has 106 valence electrons. The van der Waals surface area contributed by atoms with Crippen molar-refractivity contribution >= 4 is 5.91 Å². The van der Waals surface area contributed by atoms with E-state index in [1.54, 1.807) is 25.1 Å². The van der Waals surface area contributed by atoms with Crippen molar-refractivity contribution in [1.82, 2.24) is 20.5 Å². The molecule has 0 spiro atoms. The topological polar surface area (TPSA) is 70.7 Å². The van der Waals surface area contributed by atoms with Crippen molar-refractivity contribution in [3.05, 3.63) is 47.8 Å². The summed E-state index contributed by atoms with van der Waals surface area (Å²) in [6.45, 7) is 2.27. The van der Waals surface area contributed by atoms with E-state index in [1.165, 1.54) is 12.4 Å². The van der Waals surface area contributed by atoms with Crippen molar-refractivity contribution in [2.75, 3.05) is 6.54 Å². The Hall–Kier alpha value is -2.24. The number of H-pyrrole nitrogens is 1. The molecular weight excluding hydrogens is 259 g/mol. The van der Waals surface area contributed by atoms with Gasteiger partial charge in [-0.3, -0.25) is 9.89 Å². The largest absolute Gasteiger partial charge is 0.355 e. The molecule has 1 heterocycles. The average Bonchev–Trinajstić information content (AvgIpc) is 2.94. The highest BCUT2D eigenvalue weighted by atomic mass is 19.1. The van der Waals surface area contributed by atoms with E-state index in [2.05, 4.69) is 20.5 Å². The predicted molar refractivity (Wildman–Crippen MR) is 72.4 cm³/mol. The number of halogens is 1. The molecule has 0 aliphatic rings. The molecule has 1 aromatic heterocycles. The van der Waals surface area contributed by atoms with E-state index in [0.29, 0.717) is 24.9 Å². The molecular formula is C14H17FN4O. The van der Waals surface area contributed by atoms with Crippen molar-refractivity contribution in [3.8, 4) is 0 Å². The van der Waals surface area contributed by atoms with Crippen molar-refractivity contribution in [1.29, 1.82) is 0 Å². The smallest absolute Gasteiger partial charge is 0.223 e. The van der Waals surface area contributed by atoms with E-state index < -0.39 is 0 Å². The van der Waals surface area contributed by atoms with E-state index in [9.17, 15) is 9.18 Å². The monoisotopic (exact) mass is 276 g/mol. The number of aromatic amines is 1. The third kappa shape index (κ3) is 3.88. The summed E-state index contributed by atoms with van der Waals surface area (Å²) in [6.07, 6.45) is 2.41. The Labute approximate surface area is 116 Å². The fraction of sp³-hybridized carbons (Fsp3) is 0.357. The average molecular weight is 276 g/mol. The van der Waals surface area contributed by atoms with Gasteiger partial charge in [0.2, 0.25) is 5.91 Å². The van der Waals surface area contributed by atoms with Crippen LogP contribution in [0.4, 0.5) is 4.39 Å². The summed E-state index contributed by atoms with van der Waals surface area (Å²) < 4.78 is 13.5. The van der Waals surface area contributed by atoms with E-state index >= 15 is 0 Å². The third-order valence-corrected chi connectivity index (χ3v) is 3.06. The standard InChI is InChI=1S/C14H17FN4O/c1-10(8-11-4-2-3-5-12(11)15)14(20)16-7-6-13-17-9-18-19-13/h2-5,9-10H,6-8H2,1H3,(H,16,20)(H,17,18,19)/t10-/m1/s1. The summed E-state index contributed by atoms with van der Waals surface area (Å²) in [4.78, 5) is 15.9. The molecule has 2 N–H and O–H groups in total. The molecule has 5 nitrogen and oxygen atoms in total. The number of amides is 1. The molecule has 0 saturated carbocycles. The van der Waals surface area contributed by atoms with Crippen LogP contribution in [0, 0.1) is 11.7 Å². The molecule has 0 radical (unpaired) electrons. The van der Waals surface area contributed by atoms with Crippen LogP contribution in [0.15, 0.2) is 30.6 Å². The molecule has 1 amide bonds. The van der Waals surface area contributed by atoms with Gasteiger partial charge in [-0.05, 0) is 18.1 Å². The second kappa shape index (κ2) is 6.79. The van der Waals surface area contributed by atoms with Crippen LogP contribution in [-0.2, 0) is 17.6 Å². The number of hydrogen-bond donors (Lipinski definition) is 2. The van der Waals surface area contributed by atoms with Crippen LogP contribution in [0.3, 0.4) is 0 Å². The second-order valence-electron chi connectivity index (χ2n) is 4.67. The van der Waals surface area contributed by atoms with Gasteiger partial charge in [-0.15, -0.1) is 0 Å². The molecule has 1 atom stereocenters. The van der Waals surface area contributed by atoms with Crippen LogP contribution in [0.25, 0.3) is 0 Å². The fourth-order valence-corrected chi connectivity index (χ4v) is 1.92. The normalized spacial score (nSPS) is 12.1. The molecule has 0 fully saturated rings. The van der Waals surface area contributed by atoms with Crippen molar-refractivity contribution < 1.29 is 9.18 Å². The SMILES string of the molecule is C[C@H](Cc1ccccc1F)C(=O)NCCc1ncn[nH]1. The van der Waals surface area contributed by atoms with E-state index in [-0.39, 0.29) is 17.6 Å². The Bertz CT molecular complexity index is 556. The van der Waals surface area contributed by atoms with Gasteiger partial charge in [0.05, 0.1) is 0 Å². The summed E-state index contributed by atoms with van der Waals surface area (Å²) in [5.74, 6) is 0.0928. The van der Waals surface area contributed by atoms with Gasteiger partial charge in [0.15, 0.2) is 0 Å². The summed E-state index contributed by atoms with van der Waals surface area (Å²) in [7, 11) is 0. The van der Waals surface area contributed by atoms with Gasteiger partial charge in [0.25, 0.3) is 0 Å². The second-order valence-corrected chi connectivity index (χ2v) is 4.67. The van der Waals surface area contributed by atoms with Crippen LogP contribution >= 0.6 is 0 Å². The minimum atomic E-state index is -0.276. The Morgan fingerprint density at radius 1 is 1.45 bits per heavy atom. The lowest BCUT2D eigenvalue weighted by molar-refractivity contribution is -0.124. The van der Waals surface area contributed by atoms with E-state index in [1.807, 2.05) is 0 Å². The summed E-state index contributed by atoms with van der Waals surface area (Å²) in [5, 5.41) is 9.27. The number of rotatable bonds is 6. The number of benzene rings is 1. The quantitative estimate of drug-likeness (QED) is 0.839. The zero-order valence-electron chi connectivity index (χ0n) is 11.3.